The van der Waals surface area contributed by atoms with E-state index in [1.165, 1.54) is 12.8 Å². The van der Waals surface area contributed by atoms with Gasteiger partial charge >= 0.3 is 6.03 Å². The molecule has 1 aliphatic rings. The van der Waals surface area contributed by atoms with Crippen molar-refractivity contribution in [3.8, 4) is 5.75 Å². The van der Waals surface area contributed by atoms with E-state index < -0.39 is 0 Å². The van der Waals surface area contributed by atoms with Gasteiger partial charge < -0.3 is 20.1 Å². The minimum atomic E-state index is -0.160. The molecule has 1 aliphatic carbocycles. The van der Waals surface area contributed by atoms with Gasteiger partial charge in [-0.2, -0.15) is 0 Å². The number of aliphatic hydroxyl groups is 1. The molecule has 0 aliphatic heterocycles. The standard InChI is InChI=1S/C17H26N2O3/c1-2-19(11-12-20)17(21)18-13-14-7-3-6-10-16(14)22-15-8-4-5-9-15/h3,6-7,10,15,20H,2,4-5,8-9,11-13H2,1H3,(H,18,21). The molecule has 2 rings (SSSR count). The molecule has 122 valence electrons. The first-order valence-corrected chi connectivity index (χ1v) is 8.12. The highest BCUT2D eigenvalue weighted by molar-refractivity contribution is 5.74. The van der Waals surface area contributed by atoms with Crippen LogP contribution in [0, 0.1) is 0 Å². The number of hydrogen-bond acceptors (Lipinski definition) is 3. The van der Waals surface area contributed by atoms with Crippen LogP contribution in [0.3, 0.4) is 0 Å². The first-order valence-electron chi connectivity index (χ1n) is 8.12. The summed E-state index contributed by atoms with van der Waals surface area (Å²) in [4.78, 5) is 13.6. The molecule has 1 aromatic rings. The Bertz CT molecular complexity index is 473. The Morgan fingerprint density at radius 1 is 1.36 bits per heavy atom. The maximum Gasteiger partial charge on any atom is 0.317 e. The first kappa shape index (κ1) is 16.6. The van der Waals surface area contributed by atoms with Crippen molar-refractivity contribution in [3.05, 3.63) is 29.8 Å². The molecule has 2 amide bonds. The van der Waals surface area contributed by atoms with Gasteiger partial charge in [-0.15, -0.1) is 0 Å². The third-order valence-electron chi connectivity index (χ3n) is 4.04. The Balaban J connectivity index is 1.92. The third kappa shape index (κ3) is 4.63. The van der Waals surface area contributed by atoms with Gasteiger partial charge in [0, 0.05) is 25.2 Å². The van der Waals surface area contributed by atoms with E-state index in [1.54, 1.807) is 4.90 Å². The van der Waals surface area contributed by atoms with Gasteiger partial charge in [-0.25, -0.2) is 4.79 Å². The molecule has 5 heteroatoms. The minimum Gasteiger partial charge on any atom is -0.490 e. The summed E-state index contributed by atoms with van der Waals surface area (Å²) in [6, 6.07) is 7.69. The van der Waals surface area contributed by atoms with Crippen molar-refractivity contribution in [2.75, 3.05) is 19.7 Å². The zero-order valence-electron chi connectivity index (χ0n) is 13.3. The number of benzene rings is 1. The number of carbonyl (C=O) groups excluding carboxylic acids is 1. The molecule has 1 aromatic carbocycles. The van der Waals surface area contributed by atoms with Crippen molar-refractivity contribution < 1.29 is 14.6 Å². The number of urea groups is 1. The second kappa shape index (κ2) is 8.63. The number of hydrogen-bond donors (Lipinski definition) is 2. The molecule has 0 bridgehead atoms. The molecule has 0 heterocycles. The van der Waals surface area contributed by atoms with Crippen molar-refractivity contribution in [1.29, 1.82) is 0 Å². The molecule has 0 unspecified atom stereocenters. The van der Waals surface area contributed by atoms with Crippen LogP contribution in [0.15, 0.2) is 24.3 Å². The number of amides is 2. The van der Waals surface area contributed by atoms with E-state index in [1.807, 2.05) is 31.2 Å². The van der Waals surface area contributed by atoms with Crippen LogP contribution in [0.4, 0.5) is 4.79 Å². The summed E-state index contributed by atoms with van der Waals surface area (Å²) in [7, 11) is 0. The van der Waals surface area contributed by atoms with Crippen LogP contribution in [-0.2, 0) is 6.54 Å². The molecule has 0 atom stereocenters. The highest BCUT2D eigenvalue weighted by atomic mass is 16.5. The molecule has 0 aromatic heterocycles. The lowest BCUT2D eigenvalue weighted by molar-refractivity contribution is 0.179. The molecule has 5 nitrogen and oxygen atoms in total. The number of nitrogens with zero attached hydrogens (tertiary/aromatic N) is 1. The Morgan fingerprint density at radius 3 is 2.77 bits per heavy atom. The summed E-state index contributed by atoms with van der Waals surface area (Å²) < 4.78 is 6.07. The predicted molar refractivity (Wildman–Crippen MR) is 85.9 cm³/mol. The summed E-state index contributed by atoms with van der Waals surface area (Å²) in [5, 5.41) is 11.9. The third-order valence-corrected chi connectivity index (χ3v) is 4.04. The molecule has 0 radical (unpaired) electrons. The average molecular weight is 306 g/mol. The molecule has 0 spiro atoms. The second-order valence-electron chi connectivity index (χ2n) is 5.59. The number of aliphatic hydroxyl groups excluding tert-OH is 1. The fourth-order valence-corrected chi connectivity index (χ4v) is 2.76. The molecule has 0 saturated heterocycles. The number of carbonyl (C=O) groups is 1. The lowest BCUT2D eigenvalue weighted by Crippen LogP contribution is -2.41. The minimum absolute atomic E-state index is 0.0252. The Morgan fingerprint density at radius 2 is 2.09 bits per heavy atom. The van der Waals surface area contributed by atoms with Crippen LogP contribution in [0.1, 0.15) is 38.2 Å². The van der Waals surface area contributed by atoms with Gasteiger partial charge in [0.25, 0.3) is 0 Å². The first-order chi connectivity index (χ1) is 10.7. The average Bonchev–Trinajstić information content (AvgIpc) is 3.04. The van der Waals surface area contributed by atoms with E-state index in [4.69, 9.17) is 9.84 Å². The molecule has 2 N–H and O–H groups in total. The Kier molecular flexibility index (Phi) is 6.52. The summed E-state index contributed by atoms with van der Waals surface area (Å²) in [6.45, 7) is 3.23. The summed E-state index contributed by atoms with van der Waals surface area (Å²) >= 11 is 0. The van der Waals surface area contributed by atoms with Gasteiger partial charge in [-0.1, -0.05) is 18.2 Å². The number of ether oxygens (including phenoxy) is 1. The van der Waals surface area contributed by atoms with Crippen LogP contribution in [0.25, 0.3) is 0 Å². The van der Waals surface area contributed by atoms with E-state index in [9.17, 15) is 4.79 Å². The molecule has 1 fully saturated rings. The van der Waals surface area contributed by atoms with Gasteiger partial charge in [-0.05, 0) is 38.7 Å². The fourth-order valence-electron chi connectivity index (χ4n) is 2.76. The largest absolute Gasteiger partial charge is 0.490 e. The Hall–Kier alpha value is -1.75. The lowest BCUT2D eigenvalue weighted by atomic mass is 10.2. The fraction of sp³-hybridized carbons (Fsp3) is 0.588. The van der Waals surface area contributed by atoms with Gasteiger partial charge in [0.05, 0.1) is 12.7 Å². The SMILES string of the molecule is CCN(CCO)C(=O)NCc1ccccc1OC1CCCC1. The number of para-hydroxylation sites is 1. The van der Waals surface area contributed by atoms with E-state index in [2.05, 4.69) is 5.32 Å². The van der Waals surface area contributed by atoms with Gasteiger partial charge in [0.1, 0.15) is 5.75 Å². The topological polar surface area (TPSA) is 61.8 Å². The van der Waals surface area contributed by atoms with Gasteiger partial charge in [-0.3, -0.25) is 0 Å². The van der Waals surface area contributed by atoms with E-state index in [0.29, 0.717) is 25.7 Å². The van der Waals surface area contributed by atoms with Crippen LogP contribution in [-0.4, -0.2) is 41.8 Å². The summed E-state index contributed by atoms with van der Waals surface area (Å²) in [6.07, 6.45) is 4.99. The van der Waals surface area contributed by atoms with Crippen molar-refractivity contribution in [1.82, 2.24) is 10.2 Å². The van der Waals surface area contributed by atoms with Crippen LogP contribution < -0.4 is 10.1 Å². The maximum absolute atomic E-state index is 12.1. The molecular formula is C17H26N2O3. The number of likely N-dealkylation sites (N-methyl/N-ethyl adjacent to an activating group) is 1. The van der Waals surface area contributed by atoms with E-state index in [-0.39, 0.29) is 12.6 Å². The van der Waals surface area contributed by atoms with Crippen LogP contribution >= 0.6 is 0 Å². The van der Waals surface area contributed by atoms with Crippen molar-refractivity contribution in [2.24, 2.45) is 0 Å². The van der Waals surface area contributed by atoms with Gasteiger partial charge in [0.15, 0.2) is 0 Å². The highest BCUT2D eigenvalue weighted by Crippen LogP contribution is 2.26. The highest BCUT2D eigenvalue weighted by Gasteiger charge is 2.18. The smallest absolute Gasteiger partial charge is 0.317 e. The molecular weight excluding hydrogens is 280 g/mol. The number of nitrogens with one attached hydrogen (secondary N) is 1. The Labute approximate surface area is 132 Å². The van der Waals surface area contributed by atoms with Crippen molar-refractivity contribution in [2.45, 2.75) is 45.3 Å². The van der Waals surface area contributed by atoms with Crippen LogP contribution in [0.2, 0.25) is 0 Å². The monoisotopic (exact) mass is 306 g/mol. The zero-order chi connectivity index (χ0) is 15.8. The van der Waals surface area contributed by atoms with E-state index in [0.717, 1.165) is 24.2 Å². The predicted octanol–water partition coefficient (Wildman–Crippen LogP) is 2.53. The van der Waals surface area contributed by atoms with E-state index >= 15 is 0 Å². The normalized spacial score (nSPS) is 14.8. The number of rotatable bonds is 7. The lowest BCUT2D eigenvalue weighted by Gasteiger charge is -2.21. The maximum atomic E-state index is 12.1. The second-order valence-corrected chi connectivity index (χ2v) is 5.59. The summed E-state index contributed by atoms with van der Waals surface area (Å²) in [5.41, 5.74) is 0.989. The molecule has 1 saturated carbocycles. The zero-order valence-corrected chi connectivity index (χ0v) is 13.3. The van der Waals surface area contributed by atoms with Crippen molar-refractivity contribution >= 4 is 6.03 Å². The van der Waals surface area contributed by atoms with Crippen LogP contribution in [0.5, 0.6) is 5.75 Å². The molecule has 22 heavy (non-hydrogen) atoms. The van der Waals surface area contributed by atoms with Gasteiger partial charge in [0.2, 0.25) is 0 Å². The quantitative estimate of drug-likeness (QED) is 0.814. The summed E-state index contributed by atoms with van der Waals surface area (Å²) in [5.74, 6) is 0.861. The van der Waals surface area contributed by atoms with Crippen molar-refractivity contribution in [3.63, 3.8) is 0 Å².